The van der Waals surface area contributed by atoms with Crippen LogP contribution < -0.4 is 0 Å². The normalized spacial score (nSPS) is 12.5. The van der Waals surface area contributed by atoms with E-state index in [1.807, 2.05) is 24.3 Å². The van der Waals surface area contributed by atoms with Crippen LogP contribution in [-0.2, 0) is 0 Å². The van der Waals surface area contributed by atoms with Crippen LogP contribution >= 0.6 is 11.8 Å². The second-order valence-corrected chi connectivity index (χ2v) is 5.03. The first-order valence-corrected chi connectivity index (χ1v) is 5.90. The molecule has 0 aliphatic carbocycles. The molecule has 1 aromatic rings. The molecule has 0 spiro atoms. The van der Waals surface area contributed by atoms with Crippen molar-refractivity contribution in [2.45, 2.75) is 30.4 Å². The van der Waals surface area contributed by atoms with Crippen LogP contribution in [0.4, 0.5) is 0 Å². The van der Waals surface area contributed by atoms with E-state index in [1.165, 1.54) is 0 Å². The number of carbonyl (C=O) groups is 1. The summed E-state index contributed by atoms with van der Waals surface area (Å²) >= 11 is 1.72. The van der Waals surface area contributed by atoms with Gasteiger partial charge >= 0.3 is 0 Å². The van der Waals surface area contributed by atoms with Crippen LogP contribution in [0, 0.1) is 0 Å². The van der Waals surface area contributed by atoms with E-state index in [0.29, 0.717) is 5.25 Å². The van der Waals surface area contributed by atoms with Gasteiger partial charge in [-0.2, -0.15) is 0 Å². The standard InChI is InChI=1S/C12H16O2S/c1-9(7-8-13)15-12-5-3-11(4-6-12)10(2)14/h3-6,9,13H,7-8H2,1-2H3. The Morgan fingerprint density at radius 1 is 1.40 bits per heavy atom. The number of benzene rings is 1. The Labute approximate surface area is 94.7 Å². The van der Waals surface area contributed by atoms with Crippen LogP contribution in [-0.4, -0.2) is 22.7 Å². The highest BCUT2D eigenvalue weighted by molar-refractivity contribution is 7.99. The predicted molar refractivity (Wildman–Crippen MR) is 63.5 cm³/mol. The van der Waals surface area contributed by atoms with Crippen molar-refractivity contribution in [1.82, 2.24) is 0 Å². The topological polar surface area (TPSA) is 37.3 Å². The Morgan fingerprint density at radius 2 is 2.00 bits per heavy atom. The summed E-state index contributed by atoms with van der Waals surface area (Å²) in [4.78, 5) is 12.2. The molecule has 0 amide bonds. The minimum Gasteiger partial charge on any atom is -0.396 e. The van der Waals surface area contributed by atoms with Crippen molar-refractivity contribution < 1.29 is 9.90 Å². The molecule has 0 saturated heterocycles. The molecule has 15 heavy (non-hydrogen) atoms. The van der Waals surface area contributed by atoms with Crippen molar-refractivity contribution in [3.05, 3.63) is 29.8 Å². The van der Waals surface area contributed by atoms with Crippen molar-refractivity contribution in [2.24, 2.45) is 0 Å². The fourth-order valence-electron chi connectivity index (χ4n) is 1.24. The molecule has 0 bridgehead atoms. The third-order valence-corrected chi connectivity index (χ3v) is 3.32. The maximum absolute atomic E-state index is 11.0. The Morgan fingerprint density at radius 3 is 2.47 bits per heavy atom. The van der Waals surface area contributed by atoms with E-state index in [4.69, 9.17) is 5.11 Å². The van der Waals surface area contributed by atoms with Gasteiger partial charge in [0.2, 0.25) is 0 Å². The lowest BCUT2D eigenvalue weighted by Crippen LogP contribution is -1.99. The quantitative estimate of drug-likeness (QED) is 0.617. The first-order chi connectivity index (χ1) is 7.13. The van der Waals surface area contributed by atoms with Crippen molar-refractivity contribution in [3.63, 3.8) is 0 Å². The van der Waals surface area contributed by atoms with Crippen LogP contribution in [0.5, 0.6) is 0 Å². The van der Waals surface area contributed by atoms with E-state index >= 15 is 0 Å². The zero-order chi connectivity index (χ0) is 11.3. The van der Waals surface area contributed by atoms with Crippen molar-refractivity contribution in [3.8, 4) is 0 Å². The summed E-state index contributed by atoms with van der Waals surface area (Å²) in [7, 11) is 0. The second kappa shape index (κ2) is 5.93. The molecule has 1 unspecified atom stereocenters. The molecule has 0 aliphatic rings. The first-order valence-electron chi connectivity index (χ1n) is 5.02. The molecule has 1 rings (SSSR count). The van der Waals surface area contributed by atoms with Crippen LogP contribution in [0.15, 0.2) is 29.2 Å². The molecule has 1 aromatic carbocycles. The predicted octanol–water partition coefficient (Wildman–Crippen LogP) is 2.75. The van der Waals surface area contributed by atoms with Gasteiger partial charge in [-0.25, -0.2) is 0 Å². The van der Waals surface area contributed by atoms with Crippen LogP contribution in [0.25, 0.3) is 0 Å². The van der Waals surface area contributed by atoms with Crippen LogP contribution in [0.1, 0.15) is 30.6 Å². The largest absolute Gasteiger partial charge is 0.396 e. The van der Waals surface area contributed by atoms with E-state index in [-0.39, 0.29) is 12.4 Å². The molecule has 0 aromatic heterocycles. The highest BCUT2D eigenvalue weighted by Gasteiger charge is 2.04. The third kappa shape index (κ3) is 4.06. The maximum Gasteiger partial charge on any atom is 0.159 e. The number of thioether (sulfide) groups is 1. The minimum absolute atomic E-state index is 0.0926. The van der Waals surface area contributed by atoms with Crippen molar-refractivity contribution in [2.75, 3.05) is 6.61 Å². The number of hydrogen-bond acceptors (Lipinski definition) is 3. The zero-order valence-electron chi connectivity index (χ0n) is 9.06. The Balaban J connectivity index is 2.60. The summed E-state index contributed by atoms with van der Waals surface area (Å²) in [5.41, 5.74) is 0.745. The monoisotopic (exact) mass is 224 g/mol. The molecule has 3 heteroatoms. The Hall–Kier alpha value is -0.800. The van der Waals surface area contributed by atoms with Gasteiger partial charge in [0.1, 0.15) is 0 Å². The van der Waals surface area contributed by atoms with Crippen molar-refractivity contribution in [1.29, 1.82) is 0 Å². The number of Topliss-reactive ketones (excluding diaryl/α,β-unsaturated/α-hetero) is 1. The van der Waals surface area contributed by atoms with Gasteiger partial charge < -0.3 is 5.11 Å². The number of aliphatic hydroxyl groups is 1. The van der Waals surface area contributed by atoms with Gasteiger partial charge in [-0.15, -0.1) is 11.8 Å². The molecule has 0 heterocycles. The molecule has 0 fully saturated rings. The molecular formula is C12H16O2S. The lowest BCUT2D eigenvalue weighted by molar-refractivity contribution is 0.101. The molecule has 1 atom stereocenters. The first kappa shape index (κ1) is 12.3. The van der Waals surface area contributed by atoms with Gasteiger partial charge in [0, 0.05) is 22.3 Å². The summed E-state index contributed by atoms with van der Waals surface area (Å²) in [6, 6.07) is 7.59. The van der Waals surface area contributed by atoms with Gasteiger partial charge in [0.05, 0.1) is 0 Å². The lowest BCUT2D eigenvalue weighted by atomic mass is 10.2. The summed E-state index contributed by atoms with van der Waals surface area (Å²) in [5, 5.41) is 9.17. The maximum atomic E-state index is 11.0. The Kier molecular flexibility index (Phi) is 4.85. The van der Waals surface area contributed by atoms with Crippen LogP contribution in [0.3, 0.4) is 0 Å². The molecule has 0 radical (unpaired) electrons. The highest BCUT2D eigenvalue weighted by atomic mass is 32.2. The molecule has 0 aliphatic heterocycles. The fourth-order valence-corrected chi connectivity index (χ4v) is 2.22. The van der Waals surface area contributed by atoms with Crippen LogP contribution in [0.2, 0.25) is 0 Å². The average Bonchev–Trinajstić information content (AvgIpc) is 2.18. The number of ketones is 1. The highest BCUT2D eigenvalue weighted by Crippen LogP contribution is 2.25. The van der Waals surface area contributed by atoms with E-state index in [9.17, 15) is 4.79 Å². The third-order valence-electron chi connectivity index (χ3n) is 2.13. The van der Waals surface area contributed by atoms with Crippen molar-refractivity contribution >= 4 is 17.5 Å². The molecule has 0 saturated carbocycles. The average molecular weight is 224 g/mol. The number of carbonyl (C=O) groups excluding carboxylic acids is 1. The second-order valence-electron chi connectivity index (χ2n) is 3.52. The smallest absolute Gasteiger partial charge is 0.159 e. The summed E-state index contributed by atoms with van der Waals surface area (Å²) in [5.74, 6) is 0.0926. The molecule has 82 valence electrons. The van der Waals surface area contributed by atoms with E-state index in [1.54, 1.807) is 18.7 Å². The van der Waals surface area contributed by atoms with E-state index < -0.39 is 0 Å². The van der Waals surface area contributed by atoms with Gasteiger partial charge in [-0.05, 0) is 25.5 Å². The van der Waals surface area contributed by atoms with Gasteiger partial charge in [0.25, 0.3) is 0 Å². The van der Waals surface area contributed by atoms with E-state index in [2.05, 4.69) is 6.92 Å². The molecular weight excluding hydrogens is 208 g/mol. The Bertz CT molecular complexity index is 319. The van der Waals surface area contributed by atoms with Gasteiger partial charge in [0.15, 0.2) is 5.78 Å². The van der Waals surface area contributed by atoms with Gasteiger partial charge in [-0.1, -0.05) is 19.1 Å². The number of aliphatic hydroxyl groups excluding tert-OH is 1. The van der Waals surface area contributed by atoms with Gasteiger partial charge in [-0.3, -0.25) is 4.79 Å². The zero-order valence-corrected chi connectivity index (χ0v) is 9.88. The fraction of sp³-hybridized carbons (Fsp3) is 0.417. The number of hydrogen-bond donors (Lipinski definition) is 1. The summed E-state index contributed by atoms with van der Waals surface area (Å²) in [6.45, 7) is 3.87. The number of rotatable bonds is 5. The molecule has 1 N–H and O–H groups in total. The van der Waals surface area contributed by atoms with E-state index in [0.717, 1.165) is 16.9 Å². The summed E-state index contributed by atoms with van der Waals surface area (Å²) < 4.78 is 0. The lowest BCUT2D eigenvalue weighted by Gasteiger charge is -2.09. The minimum atomic E-state index is 0.0926. The summed E-state index contributed by atoms with van der Waals surface area (Å²) in [6.07, 6.45) is 0.791. The SMILES string of the molecule is CC(=O)c1ccc(SC(C)CCO)cc1. The molecule has 2 nitrogen and oxygen atoms in total.